The number of para-hydroxylation sites is 1. The summed E-state index contributed by atoms with van der Waals surface area (Å²) in [4.78, 5) is 17.0. The van der Waals surface area contributed by atoms with Gasteiger partial charge in [0.05, 0.1) is 18.0 Å². The van der Waals surface area contributed by atoms with E-state index < -0.39 is 0 Å². The first-order valence-corrected chi connectivity index (χ1v) is 11.9. The summed E-state index contributed by atoms with van der Waals surface area (Å²) in [6, 6.07) is 17.6. The average Bonchev–Trinajstić information content (AvgIpc) is 2.80. The van der Waals surface area contributed by atoms with Gasteiger partial charge in [0.25, 0.3) is 0 Å². The Morgan fingerprint density at radius 2 is 1.17 bits per heavy atom. The van der Waals surface area contributed by atoms with Crippen LogP contribution in [0.15, 0.2) is 54.6 Å². The minimum Gasteiger partial charge on any atom is -0.298 e. The average molecular weight is 410 g/mol. The highest BCUT2D eigenvalue weighted by molar-refractivity contribution is 5.76. The molecule has 0 aliphatic heterocycles. The molecule has 0 aliphatic carbocycles. The summed E-state index contributed by atoms with van der Waals surface area (Å²) < 4.78 is 0. The molecule has 0 radical (unpaired) electrons. The number of carbonyl (C=O) groups is 1. The fourth-order valence-corrected chi connectivity index (χ4v) is 3.65. The molecule has 0 fully saturated rings. The van der Waals surface area contributed by atoms with Crippen molar-refractivity contribution in [2.45, 2.75) is 84.0 Å². The molecule has 164 valence electrons. The molecule has 0 saturated carbocycles. The second-order valence-corrected chi connectivity index (χ2v) is 8.06. The highest BCUT2D eigenvalue weighted by atomic mass is 16.7. The number of hydrogen-bond donors (Lipinski definition) is 0. The molecule has 3 nitrogen and oxygen atoms in total. The molecule has 0 atom stereocenters. The summed E-state index contributed by atoms with van der Waals surface area (Å²) in [5.41, 5.74) is 2.61. The fraction of sp³-hybridized carbons (Fsp3) is 0.519. The fourth-order valence-electron chi connectivity index (χ4n) is 3.65. The summed E-state index contributed by atoms with van der Waals surface area (Å²) in [5, 5.41) is 1.87. The van der Waals surface area contributed by atoms with Gasteiger partial charge in [0.1, 0.15) is 6.29 Å². The van der Waals surface area contributed by atoms with Gasteiger partial charge in [-0.05, 0) is 42.8 Å². The largest absolute Gasteiger partial charge is 0.298 e. The van der Waals surface area contributed by atoms with Crippen molar-refractivity contribution in [2.75, 3.05) is 11.7 Å². The Morgan fingerprint density at radius 3 is 1.70 bits per heavy atom. The molecule has 0 aromatic heterocycles. The van der Waals surface area contributed by atoms with E-state index in [1.165, 1.54) is 70.6 Å². The van der Waals surface area contributed by atoms with Crippen LogP contribution in [0, 0.1) is 0 Å². The van der Waals surface area contributed by atoms with Crippen molar-refractivity contribution in [3.63, 3.8) is 0 Å². The maximum absolute atomic E-state index is 10.9. The van der Waals surface area contributed by atoms with Crippen LogP contribution < -0.4 is 5.06 Å². The Hall–Kier alpha value is -2.13. The predicted molar refractivity (Wildman–Crippen MR) is 127 cm³/mol. The van der Waals surface area contributed by atoms with Gasteiger partial charge in [0.15, 0.2) is 0 Å². The first-order chi connectivity index (χ1) is 14.8. The Kier molecular flexibility index (Phi) is 12.6. The molecule has 0 spiro atoms. The van der Waals surface area contributed by atoms with Crippen molar-refractivity contribution in [1.82, 2.24) is 0 Å². The van der Waals surface area contributed by atoms with Gasteiger partial charge in [-0.1, -0.05) is 95.8 Å². The molecule has 0 saturated heterocycles. The van der Waals surface area contributed by atoms with Crippen LogP contribution in [0.1, 0.15) is 94.3 Å². The summed E-state index contributed by atoms with van der Waals surface area (Å²) in [5.74, 6) is 0. The van der Waals surface area contributed by atoms with Gasteiger partial charge in [-0.15, -0.1) is 0 Å². The van der Waals surface area contributed by atoms with Crippen molar-refractivity contribution in [1.29, 1.82) is 0 Å². The number of anilines is 2. The molecule has 0 aliphatic rings. The van der Waals surface area contributed by atoms with Crippen LogP contribution in [-0.4, -0.2) is 12.9 Å². The number of hydrogen-bond acceptors (Lipinski definition) is 3. The number of unbranched alkanes of at least 4 members (excludes halogenated alkanes) is 11. The summed E-state index contributed by atoms with van der Waals surface area (Å²) in [6.45, 7) is 2.97. The topological polar surface area (TPSA) is 29.5 Å². The van der Waals surface area contributed by atoms with Gasteiger partial charge >= 0.3 is 0 Å². The van der Waals surface area contributed by atoms with E-state index >= 15 is 0 Å². The van der Waals surface area contributed by atoms with E-state index in [2.05, 4.69) is 6.92 Å². The summed E-state index contributed by atoms with van der Waals surface area (Å²) >= 11 is 0. The molecule has 0 N–H and O–H groups in total. The molecule has 0 bridgehead atoms. The van der Waals surface area contributed by atoms with E-state index in [9.17, 15) is 4.79 Å². The van der Waals surface area contributed by atoms with Gasteiger partial charge in [-0.3, -0.25) is 9.63 Å². The molecule has 2 aromatic rings. The molecule has 3 heteroatoms. The van der Waals surface area contributed by atoms with E-state index in [1.54, 1.807) is 0 Å². The van der Waals surface area contributed by atoms with Gasteiger partial charge in [0.2, 0.25) is 0 Å². The van der Waals surface area contributed by atoms with Crippen LogP contribution in [0.25, 0.3) is 0 Å². The van der Waals surface area contributed by atoms with Crippen LogP contribution in [0.2, 0.25) is 0 Å². The maximum Gasteiger partial charge on any atom is 0.150 e. The zero-order valence-corrected chi connectivity index (χ0v) is 18.7. The third-order valence-corrected chi connectivity index (χ3v) is 5.47. The molecular formula is C27H39NO2. The van der Waals surface area contributed by atoms with Crippen molar-refractivity contribution in [2.24, 2.45) is 0 Å². The third-order valence-electron chi connectivity index (χ3n) is 5.47. The van der Waals surface area contributed by atoms with Gasteiger partial charge in [-0.2, -0.15) is 0 Å². The summed E-state index contributed by atoms with van der Waals surface area (Å²) in [7, 11) is 0. The minimum atomic E-state index is 0.674. The Bertz CT molecular complexity index is 669. The zero-order chi connectivity index (χ0) is 21.3. The smallest absolute Gasteiger partial charge is 0.150 e. The van der Waals surface area contributed by atoms with Gasteiger partial charge in [-0.25, -0.2) is 5.06 Å². The summed E-state index contributed by atoms with van der Waals surface area (Å²) in [6.07, 6.45) is 16.9. The number of carbonyl (C=O) groups excluding carboxylic acids is 1. The lowest BCUT2D eigenvalue weighted by molar-refractivity contribution is 0.112. The lowest BCUT2D eigenvalue weighted by atomic mass is 10.1. The molecule has 0 amide bonds. The maximum atomic E-state index is 10.9. The molecule has 0 unspecified atom stereocenters. The zero-order valence-electron chi connectivity index (χ0n) is 18.7. The first kappa shape index (κ1) is 24.1. The van der Waals surface area contributed by atoms with Crippen molar-refractivity contribution in [3.05, 3.63) is 60.2 Å². The molecule has 2 aromatic carbocycles. The first-order valence-electron chi connectivity index (χ1n) is 11.9. The number of benzene rings is 2. The number of nitrogens with zero attached hydrogens (tertiary/aromatic N) is 1. The third kappa shape index (κ3) is 9.58. The van der Waals surface area contributed by atoms with Crippen molar-refractivity contribution < 1.29 is 9.63 Å². The normalized spacial score (nSPS) is 10.8. The Morgan fingerprint density at radius 1 is 0.667 bits per heavy atom. The van der Waals surface area contributed by atoms with Crippen LogP contribution in [0.4, 0.5) is 11.4 Å². The van der Waals surface area contributed by atoms with E-state index in [4.69, 9.17) is 4.84 Å². The monoisotopic (exact) mass is 409 g/mol. The highest BCUT2D eigenvalue weighted by Gasteiger charge is 2.10. The van der Waals surface area contributed by atoms with E-state index in [-0.39, 0.29) is 0 Å². The van der Waals surface area contributed by atoms with Crippen LogP contribution >= 0.6 is 0 Å². The predicted octanol–water partition coefficient (Wildman–Crippen LogP) is 8.27. The molecule has 2 rings (SSSR count). The van der Waals surface area contributed by atoms with Gasteiger partial charge in [0, 0.05) is 5.56 Å². The van der Waals surface area contributed by atoms with Crippen molar-refractivity contribution in [3.8, 4) is 0 Å². The lowest BCUT2D eigenvalue weighted by Gasteiger charge is -2.24. The Balaban J connectivity index is 1.63. The lowest BCUT2D eigenvalue weighted by Crippen LogP contribution is -2.18. The van der Waals surface area contributed by atoms with E-state index in [1.807, 2.05) is 59.7 Å². The standard InChI is InChI=1S/C27H39NO2/c1-2-3-4-5-6-7-8-9-10-11-12-16-23-30-28(26-17-14-13-15-18-26)27-21-19-25(24-29)20-22-27/h13-15,17-22,24H,2-12,16,23H2,1H3. The number of aldehydes is 1. The quantitative estimate of drug-likeness (QED) is 0.150. The SMILES string of the molecule is CCCCCCCCCCCCCCON(c1ccccc1)c1ccc(C=O)cc1. The minimum absolute atomic E-state index is 0.674. The Labute approximate surface area is 183 Å². The molecule has 0 heterocycles. The van der Waals surface area contributed by atoms with E-state index in [0.29, 0.717) is 12.2 Å². The van der Waals surface area contributed by atoms with Crippen LogP contribution in [-0.2, 0) is 4.84 Å². The molecule has 30 heavy (non-hydrogen) atoms. The molecular weight excluding hydrogens is 370 g/mol. The highest BCUT2D eigenvalue weighted by Crippen LogP contribution is 2.26. The van der Waals surface area contributed by atoms with Gasteiger partial charge < -0.3 is 0 Å². The number of rotatable bonds is 17. The second-order valence-electron chi connectivity index (χ2n) is 8.06. The van der Waals surface area contributed by atoms with Crippen LogP contribution in [0.5, 0.6) is 0 Å². The van der Waals surface area contributed by atoms with Crippen LogP contribution in [0.3, 0.4) is 0 Å². The second kappa shape index (κ2) is 15.7. The van der Waals surface area contributed by atoms with Crippen molar-refractivity contribution >= 4 is 17.7 Å². The van der Waals surface area contributed by atoms with E-state index in [0.717, 1.165) is 24.1 Å².